The Hall–Kier alpha value is -2.94. The normalized spacial score (nSPS) is 37.6. The van der Waals surface area contributed by atoms with E-state index in [-0.39, 0.29) is 28.7 Å². The van der Waals surface area contributed by atoms with E-state index < -0.39 is 0 Å². The summed E-state index contributed by atoms with van der Waals surface area (Å²) in [7, 11) is 0. The van der Waals surface area contributed by atoms with Crippen molar-refractivity contribution in [3.8, 4) is 5.75 Å². The second kappa shape index (κ2) is 17.1. The van der Waals surface area contributed by atoms with Gasteiger partial charge in [0.15, 0.2) is 0 Å². The van der Waals surface area contributed by atoms with Gasteiger partial charge in [-0.25, -0.2) is 0 Å². The standard InChI is InChI=1S/C51H76N4O4/c1-34-32-55(33-35(2)54-34)28-9-29-59-39-15-13-37(14-16-39)31-53-46(57)38-11-7-10-36(30-38)22-27-52-47(58)51-23-8-12-42(51)40-17-18-44-49(5,41(40)19-26-51)24-20-43-48(3,4)45(56)21-25-50(43,44)6/h7,10-11,13-16,30,34-35,40-45,54,56H,8-9,12,17-29,31-33H2,1-6H3,(H,52,58)(H,53,57). The molecule has 11 unspecified atom stereocenters. The van der Waals surface area contributed by atoms with Crippen LogP contribution in [0.3, 0.4) is 0 Å². The number of amides is 2. The average molecular weight is 809 g/mol. The van der Waals surface area contributed by atoms with E-state index in [9.17, 15) is 14.7 Å². The number of nitrogens with one attached hydrogen (secondary N) is 3. The minimum atomic E-state index is -0.225. The quantitative estimate of drug-likeness (QED) is 0.161. The van der Waals surface area contributed by atoms with E-state index in [4.69, 9.17) is 4.74 Å². The van der Waals surface area contributed by atoms with Crippen molar-refractivity contribution in [2.75, 3.05) is 32.8 Å². The minimum Gasteiger partial charge on any atom is -0.494 e. The molecule has 0 radical (unpaired) electrons. The zero-order valence-corrected chi connectivity index (χ0v) is 37.3. The Morgan fingerprint density at radius 1 is 0.814 bits per heavy atom. The van der Waals surface area contributed by atoms with Crippen molar-refractivity contribution in [3.63, 3.8) is 0 Å². The van der Waals surface area contributed by atoms with Crippen molar-refractivity contribution in [1.29, 1.82) is 0 Å². The Bertz CT molecular complexity index is 1790. The van der Waals surface area contributed by atoms with Crippen molar-refractivity contribution >= 4 is 11.8 Å². The third kappa shape index (κ3) is 8.25. The second-order valence-corrected chi connectivity index (χ2v) is 21.5. The lowest BCUT2D eigenvalue weighted by molar-refractivity contribution is -0.214. The van der Waals surface area contributed by atoms with Gasteiger partial charge in [-0.05, 0) is 172 Å². The van der Waals surface area contributed by atoms with Crippen LogP contribution in [0.25, 0.3) is 0 Å². The zero-order chi connectivity index (χ0) is 41.6. The largest absolute Gasteiger partial charge is 0.494 e. The van der Waals surface area contributed by atoms with E-state index in [1.54, 1.807) is 0 Å². The molecule has 2 aromatic rings. The molecule has 59 heavy (non-hydrogen) atoms. The van der Waals surface area contributed by atoms with E-state index in [0.717, 1.165) is 68.6 Å². The number of rotatable bonds is 12. The number of fused-ring (bicyclic) bond motifs is 7. The van der Waals surface area contributed by atoms with Crippen LogP contribution in [0, 0.1) is 51.2 Å². The highest BCUT2D eigenvalue weighted by Gasteiger charge is 2.67. The first-order valence-corrected chi connectivity index (χ1v) is 23.8. The smallest absolute Gasteiger partial charge is 0.251 e. The minimum absolute atomic E-state index is 0.0164. The molecule has 4 N–H and O–H groups in total. The van der Waals surface area contributed by atoms with Gasteiger partial charge in [0.25, 0.3) is 5.91 Å². The van der Waals surface area contributed by atoms with E-state index in [2.05, 4.69) is 68.5 Å². The predicted octanol–water partition coefficient (Wildman–Crippen LogP) is 8.55. The van der Waals surface area contributed by atoms with E-state index in [1.807, 2.05) is 42.5 Å². The lowest BCUT2D eigenvalue weighted by atomic mass is 9.36. The fourth-order valence-electron chi connectivity index (χ4n) is 15.1. The van der Waals surface area contributed by atoms with Crippen molar-refractivity contribution in [3.05, 3.63) is 65.2 Å². The van der Waals surface area contributed by atoms with Crippen LogP contribution in [0.5, 0.6) is 5.75 Å². The van der Waals surface area contributed by atoms with Gasteiger partial charge in [-0.15, -0.1) is 0 Å². The van der Waals surface area contributed by atoms with Crippen LogP contribution in [0.15, 0.2) is 48.5 Å². The van der Waals surface area contributed by atoms with Crippen LogP contribution in [-0.2, 0) is 17.8 Å². The third-order valence-corrected chi connectivity index (χ3v) is 17.7. The second-order valence-electron chi connectivity index (χ2n) is 21.5. The molecule has 0 aromatic heterocycles. The molecule has 5 aliphatic carbocycles. The lowest BCUT2D eigenvalue weighted by Gasteiger charge is -2.69. The van der Waals surface area contributed by atoms with Crippen molar-refractivity contribution < 1.29 is 19.4 Å². The molecule has 11 atom stereocenters. The Morgan fingerprint density at radius 3 is 2.36 bits per heavy atom. The van der Waals surface area contributed by atoms with Gasteiger partial charge in [-0.3, -0.25) is 9.59 Å². The predicted molar refractivity (Wildman–Crippen MR) is 236 cm³/mol. The van der Waals surface area contributed by atoms with E-state index in [0.29, 0.717) is 84.2 Å². The number of nitrogens with zero attached hydrogens (tertiary/aromatic N) is 1. The Balaban J connectivity index is 0.802. The molecule has 0 spiro atoms. The van der Waals surface area contributed by atoms with Crippen LogP contribution in [0.4, 0.5) is 0 Å². The first-order valence-electron chi connectivity index (χ1n) is 23.8. The van der Waals surface area contributed by atoms with Crippen LogP contribution >= 0.6 is 0 Å². The summed E-state index contributed by atoms with van der Waals surface area (Å²) in [5, 5.41) is 21.2. The molecule has 6 fully saturated rings. The fourth-order valence-corrected chi connectivity index (χ4v) is 15.1. The molecular weight excluding hydrogens is 733 g/mol. The molecule has 0 bridgehead atoms. The number of hydrogen-bond acceptors (Lipinski definition) is 6. The van der Waals surface area contributed by atoms with Crippen LogP contribution in [-0.4, -0.2) is 72.8 Å². The SMILES string of the molecule is CC1CN(CCCOc2ccc(CNC(=O)c3cccc(CCNC(=O)C45CCCC4C4CCC6C(C)(CCC7C(C)(C)C(O)CCC76C)C4CC5)c3)cc2)CC(C)N1. The van der Waals surface area contributed by atoms with Crippen LogP contribution in [0.2, 0.25) is 0 Å². The highest BCUT2D eigenvalue weighted by atomic mass is 16.5. The Labute approximate surface area is 355 Å². The summed E-state index contributed by atoms with van der Waals surface area (Å²) in [5.41, 5.74) is 3.14. The number of ether oxygens (including phenoxy) is 1. The number of piperazine rings is 1. The molecule has 1 saturated heterocycles. The molecule has 1 heterocycles. The molecule has 8 nitrogen and oxygen atoms in total. The summed E-state index contributed by atoms with van der Waals surface area (Å²) < 4.78 is 6.02. The van der Waals surface area contributed by atoms with Crippen molar-refractivity contribution in [2.24, 2.45) is 51.2 Å². The summed E-state index contributed by atoms with van der Waals surface area (Å²) in [6, 6.07) is 17.0. The van der Waals surface area contributed by atoms with Crippen LogP contribution < -0.4 is 20.7 Å². The molecule has 2 amide bonds. The highest BCUT2D eigenvalue weighted by molar-refractivity contribution is 5.94. The number of carbonyl (C=O) groups excluding carboxylic acids is 2. The number of aliphatic hydroxyl groups is 1. The average Bonchev–Trinajstić information content (AvgIpc) is 3.66. The van der Waals surface area contributed by atoms with Crippen LogP contribution in [0.1, 0.15) is 140 Å². The van der Waals surface area contributed by atoms with Gasteiger partial charge in [0.1, 0.15) is 5.75 Å². The van der Waals surface area contributed by atoms with Gasteiger partial charge in [0, 0.05) is 50.4 Å². The van der Waals surface area contributed by atoms with Gasteiger partial charge in [0.05, 0.1) is 18.1 Å². The van der Waals surface area contributed by atoms with Gasteiger partial charge < -0.3 is 30.7 Å². The molecule has 8 rings (SSSR count). The van der Waals surface area contributed by atoms with Crippen molar-refractivity contribution in [2.45, 2.75) is 150 Å². The number of carbonyl (C=O) groups is 2. The number of benzene rings is 2. The van der Waals surface area contributed by atoms with E-state index in [1.165, 1.54) is 44.9 Å². The zero-order valence-electron chi connectivity index (χ0n) is 37.3. The topological polar surface area (TPSA) is 103 Å². The molecule has 8 heteroatoms. The maximum atomic E-state index is 14.3. The third-order valence-electron chi connectivity index (χ3n) is 17.7. The summed E-state index contributed by atoms with van der Waals surface area (Å²) in [5.74, 6) is 4.20. The van der Waals surface area contributed by atoms with Gasteiger partial charge in [0.2, 0.25) is 5.91 Å². The molecule has 324 valence electrons. The fraction of sp³-hybridized carbons (Fsp3) is 0.725. The first-order chi connectivity index (χ1) is 28.2. The number of hydrogen-bond donors (Lipinski definition) is 4. The summed E-state index contributed by atoms with van der Waals surface area (Å²) >= 11 is 0. The molecule has 1 aliphatic heterocycles. The molecule has 2 aromatic carbocycles. The van der Waals surface area contributed by atoms with E-state index >= 15 is 0 Å². The maximum absolute atomic E-state index is 14.3. The monoisotopic (exact) mass is 809 g/mol. The maximum Gasteiger partial charge on any atom is 0.251 e. The first kappa shape index (κ1) is 42.7. The Kier molecular flexibility index (Phi) is 12.4. The van der Waals surface area contributed by atoms with Gasteiger partial charge in [-0.2, -0.15) is 0 Å². The number of aliphatic hydroxyl groups excluding tert-OH is 1. The molecular formula is C51H76N4O4. The van der Waals surface area contributed by atoms with Gasteiger partial charge >= 0.3 is 0 Å². The molecule has 6 aliphatic rings. The van der Waals surface area contributed by atoms with Gasteiger partial charge in [-0.1, -0.05) is 58.4 Å². The Morgan fingerprint density at radius 2 is 1.58 bits per heavy atom. The molecule has 5 saturated carbocycles. The summed E-state index contributed by atoms with van der Waals surface area (Å²) in [6.45, 7) is 19.4. The highest BCUT2D eigenvalue weighted by Crippen LogP contribution is 2.73. The summed E-state index contributed by atoms with van der Waals surface area (Å²) in [6.07, 6.45) is 14.3. The lowest BCUT2D eigenvalue weighted by Crippen LogP contribution is -2.63. The van der Waals surface area contributed by atoms with Crippen molar-refractivity contribution in [1.82, 2.24) is 20.9 Å². The summed E-state index contributed by atoms with van der Waals surface area (Å²) in [4.78, 5) is 30.1.